The van der Waals surface area contributed by atoms with Gasteiger partial charge in [0.25, 0.3) is 11.8 Å². The van der Waals surface area contributed by atoms with E-state index in [4.69, 9.17) is 4.74 Å². The molecule has 0 unspecified atom stereocenters. The third-order valence-corrected chi connectivity index (χ3v) is 3.79. The molecule has 0 radical (unpaired) electrons. The molecule has 1 aliphatic rings. The van der Waals surface area contributed by atoms with Crippen LogP contribution in [0, 0.1) is 20.8 Å². The summed E-state index contributed by atoms with van der Waals surface area (Å²) in [6, 6.07) is 9.07. The Kier molecular flexibility index (Phi) is 3.78. The van der Waals surface area contributed by atoms with Gasteiger partial charge in [-0.15, -0.1) is 0 Å². The highest BCUT2D eigenvalue weighted by Crippen LogP contribution is 2.29. The van der Waals surface area contributed by atoms with Gasteiger partial charge in [0.1, 0.15) is 5.75 Å². The van der Waals surface area contributed by atoms with Gasteiger partial charge in [-0.25, -0.2) is 0 Å². The Morgan fingerprint density at radius 3 is 2.52 bits per heavy atom. The predicted octanol–water partition coefficient (Wildman–Crippen LogP) is 3.20. The minimum Gasteiger partial charge on any atom is -0.482 e. The van der Waals surface area contributed by atoms with Crippen molar-refractivity contribution in [1.29, 1.82) is 0 Å². The fourth-order valence-electron chi connectivity index (χ4n) is 2.79. The van der Waals surface area contributed by atoms with Crippen LogP contribution in [0.3, 0.4) is 0 Å². The lowest BCUT2D eigenvalue weighted by Crippen LogP contribution is -2.25. The molecule has 2 amide bonds. The Balaban J connectivity index is 1.87. The molecule has 0 bridgehead atoms. The number of nitrogens with one attached hydrogen (secondary N) is 2. The number of amides is 2. The lowest BCUT2D eigenvalue weighted by molar-refractivity contribution is -0.118. The predicted molar refractivity (Wildman–Crippen MR) is 89.2 cm³/mol. The van der Waals surface area contributed by atoms with Crippen LogP contribution in [0.1, 0.15) is 27.0 Å². The highest BCUT2D eigenvalue weighted by molar-refractivity contribution is 6.06. The Labute approximate surface area is 134 Å². The Morgan fingerprint density at radius 1 is 1.13 bits per heavy atom. The van der Waals surface area contributed by atoms with Crippen molar-refractivity contribution in [2.45, 2.75) is 20.8 Å². The highest BCUT2D eigenvalue weighted by Gasteiger charge is 2.18. The number of fused-ring (bicyclic) bond motifs is 1. The second-order valence-electron chi connectivity index (χ2n) is 5.78. The van der Waals surface area contributed by atoms with Crippen LogP contribution in [0.2, 0.25) is 0 Å². The molecule has 118 valence electrons. The summed E-state index contributed by atoms with van der Waals surface area (Å²) in [4.78, 5) is 23.9. The summed E-state index contributed by atoms with van der Waals surface area (Å²) < 4.78 is 5.30. The highest BCUT2D eigenvalue weighted by atomic mass is 16.5. The van der Waals surface area contributed by atoms with Crippen molar-refractivity contribution >= 4 is 23.2 Å². The molecule has 2 aromatic carbocycles. The van der Waals surface area contributed by atoms with E-state index >= 15 is 0 Å². The van der Waals surface area contributed by atoms with Crippen LogP contribution < -0.4 is 15.4 Å². The average molecular weight is 310 g/mol. The number of rotatable bonds is 2. The van der Waals surface area contributed by atoms with E-state index in [0.717, 1.165) is 22.4 Å². The number of hydrogen-bond donors (Lipinski definition) is 2. The molecule has 1 heterocycles. The standard InChI is InChI=1S/C18H18N2O3/c1-10-6-11(2)17(12(3)7-10)20-18(22)13-4-5-15-14(8-13)19-16(21)9-23-15/h4-8H,9H2,1-3H3,(H,19,21)(H,20,22). The molecule has 23 heavy (non-hydrogen) atoms. The molecule has 5 nitrogen and oxygen atoms in total. The van der Waals surface area contributed by atoms with Gasteiger partial charge < -0.3 is 15.4 Å². The maximum Gasteiger partial charge on any atom is 0.262 e. The van der Waals surface area contributed by atoms with E-state index < -0.39 is 0 Å². The first-order valence-corrected chi connectivity index (χ1v) is 7.40. The summed E-state index contributed by atoms with van der Waals surface area (Å²) in [6.45, 7) is 5.96. The SMILES string of the molecule is Cc1cc(C)c(NC(=O)c2ccc3c(c2)NC(=O)CO3)c(C)c1. The van der Waals surface area contributed by atoms with Crippen LogP contribution in [0.15, 0.2) is 30.3 Å². The molecule has 0 aliphatic carbocycles. The van der Waals surface area contributed by atoms with Gasteiger partial charge in [-0.1, -0.05) is 17.7 Å². The Bertz CT molecular complexity index is 789. The Hall–Kier alpha value is -2.82. The van der Waals surface area contributed by atoms with E-state index in [-0.39, 0.29) is 18.4 Å². The van der Waals surface area contributed by atoms with Crippen molar-refractivity contribution in [1.82, 2.24) is 0 Å². The third-order valence-electron chi connectivity index (χ3n) is 3.79. The zero-order valence-corrected chi connectivity index (χ0v) is 13.3. The van der Waals surface area contributed by atoms with Crippen LogP contribution in [0.4, 0.5) is 11.4 Å². The topological polar surface area (TPSA) is 67.4 Å². The van der Waals surface area contributed by atoms with E-state index in [1.54, 1.807) is 18.2 Å². The summed E-state index contributed by atoms with van der Waals surface area (Å²) in [5.41, 5.74) is 5.00. The van der Waals surface area contributed by atoms with Gasteiger partial charge in [-0.05, 0) is 50.1 Å². The van der Waals surface area contributed by atoms with Crippen LogP contribution in [-0.2, 0) is 4.79 Å². The number of ether oxygens (including phenoxy) is 1. The third kappa shape index (κ3) is 3.04. The number of aryl methyl sites for hydroxylation is 3. The van der Waals surface area contributed by atoms with E-state index in [1.165, 1.54) is 0 Å². The molecular weight excluding hydrogens is 292 g/mol. The monoisotopic (exact) mass is 310 g/mol. The molecule has 0 spiro atoms. The van der Waals surface area contributed by atoms with Crippen molar-refractivity contribution in [3.63, 3.8) is 0 Å². The molecule has 0 saturated carbocycles. The molecule has 0 fully saturated rings. The largest absolute Gasteiger partial charge is 0.482 e. The molecule has 2 aromatic rings. The molecule has 1 aliphatic heterocycles. The second kappa shape index (κ2) is 5.76. The first-order valence-electron chi connectivity index (χ1n) is 7.40. The van der Waals surface area contributed by atoms with Crippen LogP contribution in [0.25, 0.3) is 0 Å². The van der Waals surface area contributed by atoms with Crippen molar-refractivity contribution < 1.29 is 14.3 Å². The number of hydrogen-bond acceptors (Lipinski definition) is 3. The van der Waals surface area contributed by atoms with E-state index in [2.05, 4.69) is 10.6 Å². The number of carbonyl (C=O) groups is 2. The molecule has 0 saturated heterocycles. The van der Waals surface area contributed by atoms with E-state index in [1.807, 2.05) is 32.9 Å². The zero-order valence-electron chi connectivity index (χ0n) is 13.3. The summed E-state index contributed by atoms with van der Waals surface area (Å²) >= 11 is 0. The summed E-state index contributed by atoms with van der Waals surface area (Å²) in [6.07, 6.45) is 0. The lowest BCUT2D eigenvalue weighted by atomic mass is 10.0. The van der Waals surface area contributed by atoms with Gasteiger partial charge in [0.05, 0.1) is 5.69 Å². The van der Waals surface area contributed by atoms with E-state index in [0.29, 0.717) is 17.0 Å². The fourth-order valence-corrected chi connectivity index (χ4v) is 2.79. The molecule has 3 rings (SSSR count). The summed E-state index contributed by atoms with van der Waals surface area (Å²) in [5, 5.41) is 5.65. The van der Waals surface area contributed by atoms with E-state index in [9.17, 15) is 9.59 Å². The average Bonchev–Trinajstić information content (AvgIpc) is 2.49. The van der Waals surface area contributed by atoms with Crippen molar-refractivity contribution in [2.24, 2.45) is 0 Å². The molecular formula is C18H18N2O3. The van der Waals surface area contributed by atoms with Gasteiger partial charge in [-0.3, -0.25) is 9.59 Å². The molecule has 5 heteroatoms. The smallest absolute Gasteiger partial charge is 0.262 e. The maximum atomic E-state index is 12.5. The van der Waals surface area contributed by atoms with Gasteiger partial charge in [0.15, 0.2) is 6.61 Å². The normalized spacial score (nSPS) is 12.9. The quantitative estimate of drug-likeness (QED) is 0.895. The fraction of sp³-hybridized carbons (Fsp3) is 0.222. The summed E-state index contributed by atoms with van der Waals surface area (Å²) in [7, 11) is 0. The number of carbonyl (C=O) groups excluding carboxylic acids is 2. The first kappa shape index (κ1) is 15.1. The van der Waals surface area contributed by atoms with Crippen molar-refractivity contribution in [3.8, 4) is 5.75 Å². The van der Waals surface area contributed by atoms with Gasteiger partial charge >= 0.3 is 0 Å². The van der Waals surface area contributed by atoms with Gasteiger partial charge in [0, 0.05) is 11.3 Å². The second-order valence-corrected chi connectivity index (χ2v) is 5.78. The summed E-state index contributed by atoms with van der Waals surface area (Å²) in [5.74, 6) is 0.131. The Morgan fingerprint density at radius 2 is 1.83 bits per heavy atom. The van der Waals surface area contributed by atoms with Crippen LogP contribution in [-0.4, -0.2) is 18.4 Å². The maximum absolute atomic E-state index is 12.5. The van der Waals surface area contributed by atoms with Crippen molar-refractivity contribution in [3.05, 3.63) is 52.6 Å². The number of anilines is 2. The van der Waals surface area contributed by atoms with Gasteiger partial charge in [0.2, 0.25) is 0 Å². The van der Waals surface area contributed by atoms with Crippen molar-refractivity contribution in [2.75, 3.05) is 17.2 Å². The minimum absolute atomic E-state index is 0.000297. The minimum atomic E-state index is -0.222. The lowest BCUT2D eigenvalue weighted by Gasteiger charge is -2.18. The van der Waals surface area contributed by atoms with Crippen LogP contribution >= 0.6 is 0 Å². The number of benzene rings is 2. The molecule has 2 N–H and O–H groups in total. The first-order chi connectivity index (χ1) is 10.9. The zero-order chi connectivity index (χ0) is 16.6. The molecule has 0 atom stereocenters. The molecule has 0 aromatic heterocycles. The van der Waals surface area contributed by atoms with Gasteiger partial charge in [-0.2, -0.15) is 0 Å². The van der Waals surface area contributed by atoms with Crippen LogP contribution in [0.5, 0.6) is 5.75 Å².